The number of rotatable bonds is 6. The second kappa shape index (κ2) is 5.41. The third kappa shape index (κ3) is 2.63. The fraction of sp³-hybridized carbons (Fsp3) is 0.471. The van der Waals surface area contributed by atoms with Crippen LogP contribution < -0.4 is 5.32 Å². The summed E-state index contributed by atoms with van der Waals surface area (Å²) in [5.74, 6) is 1.87. The summed E-state index contributed by atoms with van der Waals surface area (Å²) in [6, 6.07) is 11.1. The first kappa shape index (κ1) is 13.4. The zero-order valence-corrected chi connectivity index (χ0v) is 12.2. The van der Waals surface area contributed by atoms with Crippen molar-refractivity contribution in [3.05, 3.63) is 53.7 Å². The normalized spacial score (nSPS) is 16.6. The van der Waals surface area contributed by atoms with E-state index in [9.17, 15) is 0 Å². The van der Waals surface area contributed by atoms with Gasteiger partial charge in [-0.05, 0) is 18.4 Å². The SMILES string of the molecule is CC(C)NCCc1ncc(C2(c3ccccc3)CC2)o1. The van der Waals surface area contributed by atoms with Crippen molar-refractivity contribution in [1.29, 1.82) is 0 Å². The summed E-state index contributed by atoms with van der Waals surface area (Å²) >= 11 is 0. The second-order valence-electron chi connectivity index (χ2n) is 5.93. The molecule has 20 heavy (non-hydrogen) atoms. The predicted octanol–water partition coefficient (Wildman–Crippen LogP) is 3.30. The van der Waals surface area contributed by atoms with E-state index in [1.165, 1.54) is 5.56 Å². The van der Waals surface area contributed by atoms with E-state index in [4.69, 9.17) is 4.42 Å². The Morgan fingerprint density at radius 3 is 2.65 bits per heavy atom. The lowest BCUT2D eigenvalue weighted by Gasteiger charge is -2.11. The molecule has 106 valence electrons. The van der Waals surface area contributed by atoms with Crippen LogP contribution >= 0.6 is 0 Å². The van der Waals surface area contributed by atoms with Gasteiger partial charge in [-0.15, -0.1) is 0 Å². The molecule has 0 unspecified atom stereocenters. The van der Waals surface area contributed by atoms with Crippen LogP contribution in [0.2, 0.25) is 0 Å². The largest absolute Gasteiger partial charge is 0.445 e. The minimum atomic E-state index is 0.0952. The summed E-state index contributed by atoms with van der Waals surface area (Å²) in [6.07, 6.45) is 5.10. The van der Waals surface area contributed by atoms with E-state index in [0.29, 0.717) is 6.04 Å². The molecular formula is C17H22N2O. The van der Waals surface area contributed by atoms with Crippen LogP contribution in [0.4, 0.5) is 0 Å². The van der Waals surface area contributed by atoms with Crippen molar-refractivity contribution in [3.8, 4) is 0 Å². The van der Waals surface area contributed by atoms with E-state index < -0.39 is 0 Å². The molecule has 1 saturated carbocycles. The summed E-state index contributed by atoms with van der Waals surface area (Å²) in [7, 11) is 0. The van der Waals surface area contributed by atoms with Crippen LogP contribution in [-0.4, -0.2) is 17.6 Å². The van der Waals surface area contributed by atoms with Crippen LogP contribution in [0.25, 0.3) is 0 Å². The van der Waals surface area contributed by atoms with Crippen LogP contribution in [-0.2, 0) is 11.8 Å². The van der Waals surface area contributed by atoms with E-state index in [1.807, 2.05) is 6.20 Å². The minimum absolute atomic E-state index is 0.0952. The van der Waals surface area contributed by atoms with Crippen molar-refractivity contribution >= 4 is 0 Å². The highest BCUT2D eigenvalue weighted by molar-refractivity contribution is 5.39. The highest BCUT2D eigenvalue weighted by Crippen LogP contribution is 2.53. The van der Waals surface area contributed by atoms with Gasteiger partial charge in [-0.2, -0.15) is 0 Å². The zero-order chi connectivity index (χ0) is 14.0. The maximum absolute atomic E-state index is 6.00. The number of hydrogen-bond donors (Lipinski definition) is 1. The van der Waals surface area contributed by atoms with Gasteiger partial charge in [0.25, 0.3) is 0 Å². The Morgan fingerprint density at radius 2 is 2.00 bits per heavy atom. The minimum Gasteiger partial charge on any atom is -0.445 e. The van der Waals surface area contributed by atoms with Crippen molar-refractivity contribution in [2.45, 2.75) is 44.6 Å². The molecule has 1 heterocycles. The molecule has 0 radical (unpaired) electrons. The first-order valence-corrected chi connectivity index (χ1v) is 7.45. The number of hydrogen-bond acceptors (Lipinski definition) is 3. The summed E-state index contributed by atoms with van der Waals surface area (Å²) < 4.78 is 6.00. The molecule has 0 spiro atoms. The van der Waals surface area contributed by atoms with Crippen LogP contribution in [0.15, 0.2) is 40.9 Å². The van der Waals surface area contributed by atoms with Gasteiger partial charge in [-0.3, -0.25) is 0 Å². The first-order chi connectivity index (χ1) is 9.71. The molecule has 3 nitrogen and oxygen atoms in total. The topological polar surface area (TPSA) is 38.1 Å². The Balaban J connectivity index is 1.71. The molecule has 0 amide bonds. The standard InChI is InChI=1S/C17H22N2O/c1-13(2)18-11-8-16-19-12-15(20-16)17(9-10-17)14-6-4-3-5-7-14/h3-7,12-13,18H,8-11H2,1-2H3. The van der Waals surface area contributed by atoms with Gasteiger partial charge in [-0.1, -0.05) is 44.2 Å². The van der Waals surface area contributed by atoms with Gasteiger partial charge in [0.05, 0.1) is 11.6 Å². The molecule has 2 aromatic rings. The lowest BCUT2D eigenvalue weighted by molar-refractivity contribution is 0.425. The quantitative estimate of drug-likeness (QED) is 0.875. The number of oxazole rings is 1. The molecular weight excluding hydrogens is 248 g/mol. The Hall–Kier alpha value is -1.61. The summed E-state index contributed by atoms with van der Waals surface area (Å²) in [6.45, 7) is 5.21. The maximum Gasteiger partial charge on any atom is 0.195 e. The average molecular weight is 270 g/mol. The molecule has 1 N–H and O–H groups in total. The first-order valence-electron chi connectivity index (χ1n) is 7.45. The van der Waals surface area contributed by atoms with Gasteiger partial charge < -0.3 is 9.73 Å². The molecule has 1 aliphatic carbocycles. The molecule has 0 saturated heterocycles. The Kier molecular flexibility index (Phi) is 3.62. The smallest absolute Gasteiger partial charge is 0.195 e. The van der Waals surface area contributed by atoms with Crippen molar-refractivity contribution in [1.82, 2.24) is 10.3 Å². The summed E-state index contributed by atoms with van der Waals surface area (Å²) in [5.41, 5.74) is 1.45. The lowest BCUT2D eigenvalue weighted by atomic mass is 9.94. The molecule has 1 aromatic carbocycles. The van der Waals surface area contributed by atoms with Gasteiger partial charge in [0.2, 0.25) is 0 Å². The maximum atomic E-state index is 6.00. The third-order valence-electron chi connectivity index (χ3n) is 3.99. The monoisotopic (exact) mass is 270 g/mol. The molecule has 1 aliphatic rings. The Bertz CT molecular complexity index is 555. The number of aromatic nitrogens is 1. The molecule has 0 atom stereocenters. The van der Waals surface area contributed by atoms with E-state index in [0.717, 1.165) is 37.5 Å². The highest BCUT2D eigenvalue weighted by Gasteiger charge is 2.48. The molecule has 3 heteroatoms. The van der Waals surface area contributed by atoms with E-state index in [-0.39, 0.29) is 5.41 Å². The van der Waals surface area contributed by atoms with E-state index >= 15 is 0 Å². The van der Waals surface area contributed by atoms with Crippen LogP contribution in [0, 0.1) is 0 Å². The fourth-order valence-electron chi connectivity index (χ4n) is 2.67. The van der Waals surface area contributed by atoms with Gasteiger partial charge in [0, 0.05) is 19.0 Å². The van der Waals surface area contributed by atoms with Crippen LogP contribution in [0.1, 0.15) is 43.9 Å². The van der Waals surface area contributed by atoms with Crippen LogP contribution in [0.3, 0.4) is 0 Å². The van der Waals surface area contributed by atoms with E-state index in [2.05, 4.69) is 54.5 Å². The molecule has 0 aliphatic heterocycles. The van der Waals surface area contributed by atoms with Gasteiger partial charge >= 0.3 is 0 Å². The van der Waals surface area contributed by atoms with Gasteiger partial charge in [0.15, 0.2) is 5.89 Å². The Labute approximate surface area is 120 Å². The molecule has 3 rings (SSSR count). The van der Waals surface area contributed by atoms with Gasteiger partial charge in [-0.25, -0.2) is 4.98 Å². The lowest BCUT2D eigenvalue weighted by Crippen LogP contribution is -2.25. The van der Waals surface area contributed by atoms with Crippen molar-refractivity contribution < 1.29 is 4.42 Å². The number of nitrogens with one attached hydrogen (secondary N) is 1. The summed E-state index contributed by atoms with van der Waals surface area (Å²) in [4.78, 5) is 4.44. The van der Waals surface area contributed by atoms with Crippen molar-refractivity contribution in [2.75, 3.05) is 6.54 Å². The van der Waals surface area contributed by atoms with Crippen molar-refractivity contribution in [3.63, 3.8) is 0 Å². The fourth-order valence-corrected chi connectivity index (χ4v) is 2.67. The molecule has 1 aromatic heterocycles. The summed E-state index contributed by atoms with van der Waals surface area (Å²) in [5, 5.41) is 3.39. The Morgan fingerprint density at radius 1 is 1.25 bits per heavy atom. The average Bonchev–Trinajstić information content (AvgIpc) is 3.13. The van der Waals surface area contributed by atoms with E-state index in [1.54, 1.807) is 0 Å². The second-order valence-corrected chi connectivity index (χ2v) is 5.93. The van der Waals surface area contributed by atoms with Crippen LogP contribution in [0.5, 0.6) is 0 Å². The third-order valence-corrected chi connectivity index (χ3v) is 3.99. The number of nitrogens with zero attached hydrogens (tertiary/aromatic N) is 1. The zero-order valence-electron chi connectivity index (χ0n) is 12.2. The predicted molar refractivity (Wildman–Crippen MR) is 79.8 cm³/mol. The van der Waals surface area contributed by atoms with Crippen molar-refractivity contribution in [2.24, 2.45) is 0 Å². The molecule has 1 fully saturated rings. The van der Waals surface area contributed by atoms with Gasteiger partial charge in [0.1, 0.15) is 5.76 Å². The molecule has 0 bridgehead atoms. The highest BCUT2D eigenvalue weighted by atomic mass is 16.4. The number of benzene rings is 1.